The fourth-order valence-electron chi connectivity index (χ4n) is 3.56. The molecule has 2 fully saturated rings. The Hall–Kier alpha value is -0.570. The standard InChI is InChI=1S/C15H21ClN2/c1-18-8-6-15(7-9-18)11-17-10-14(15)12-2-4-13(16)5-3-12/h2-5,14,17H,6-11H2,1H3. The summed E-state index contributed by atoms with van der Waals surface area (Å²) in [6.45, 7) is 4.75. The molecule has 1 unspecified atom stereocenters. The lowest BCUT2D eigenvalue weighted by Gasteiger charge is -2.41. The van der Waals surface area contributed by atoms with Crippen molar-refractivity contribution in [2.75, 3.05) is 33.2 Å². The molecule has 0 aliphatic carbocycles. The van der Waals surface area contributed by atoms with Gasteiger partial charge < -0.3 is 10.2 Å². The Morgan fingerprint density at radius 2 is 1.89 bits per heavy atom. The predicted molar refractivity (Wildman–Crippen MR) is 76.2 cm³/mol. The lowest BCUT2D eigenvalue weighted by atomic mass is 9.68. The van der Waals surface area contributed by atoms with Gasteiger partial charge >= 0.3 is 0 Å². The second-order valence-corrected chi connectivity index (χ2v) is 6.34. The molecule has 1 aromatic carbocycles. The van der Waals surface area contributed by atoms with Crippen molar-refractivity contribution in [3.05, 3.63) is 34.9 Å². The highest BCUT2D eigenvalue weighted by Gasteiger charge is 2.44. The van der Waals surface area contributed by atoms with Gasteiger partial charge in [0.25, 0.3) is 0 Å². The summed E-state index contributed by atoms with van der Waals surface area (Å²) < 4.78 is 0. The minimum absolute atomic E-state index is 0.473. The van der Waals surface area contributed by atoms with Crippen molar-refractivity contribution >= 4 is 11.6 Å². The van der Waals surface area contributed by atoms with Gasteiger partial charge in [0, 0.05) is 24.0 Å². The topological polar surface area (TPSA) is 15.3 Å². The van der Waals surface area contributed by atoms with Crippen LogP contribution < -0.4 is 5.32 Å². The molecular formula is C15H21ClN2. The molecule has 2 aliphatic heterocycles. The van der Waals surface area contributed by atoms with E-state index in [4.69, 9.17) is 11.6 Å². The maximum atomic E-state index is 5.99. The first kappa shape index (κ1) is 12.5. The third-order valence-corrected chi connectivity index (χ3v) is 5.07. The van der Waals surface area contributed by atoms with E-state index in [9.17, 15) is 0 Å². The van der Waals surface area contributed by atoms with Crippen LogP contribution in [0.2, 0.25) is 5.02 Å². The molecular weight excluding hydrogens is 244 g/mol. The summed E-state index contributed by atoms with van der Waals surface area (Å²) in [6, 6.07) is 8.47. The molecule has 0 saturated carbocycles. The van der Waals surface area contributed by atoms with Crippen molar-refractivity contribution < 1.29 is 0 Å². The van der Waals surface area contributed by atoms with Gasteiger partial charge in [0.15, 0.2) is 0 Å². The van der Waals surface area contributed by atoms with Crippen LogP contribution in [-0.4, -0.2) is 38.1 Å². The molecule has 2 aliphatic rings. The van der Waals surface area contributed by atoms with E-state index in [-0.39, 0.29) is 0 Å². The molecule has 0 aromatic heterocycles. The molecule has 2 heterocycles. The number of rotatable bonds is 1. The van der Waals surface area contributed by atoms with Crippen LogP contribution in [0.25, 0.3) is 0 Å². The average Bonchev–Trinajstić information content (AvgIpc) is 2.78. The van der Waals surface area contributed by atoms with E-state index in [1.807, 2.05) is 12.1 Å². The van der Waals surface area contributed by atoms with Gasteiger partial charge in [-0.15, -0.1) is 0 Å². The highest BCUT2D eigenvalue weighted by atomic mass is 35.5. The summed E-state index contributed by atoms with van der Waals surface area (Å²) in [5.41, 5.74) is 1.93. The summed E-state index contributed by atoms with van der Waals surface area (Å²) >= 11 is 5.99. The third kappa shape index (κ3) is 2.18. The quantitative estimate of drug-likeness (QED) is 0.839. The maximum Gasteiger partial charge on any atom is 0.0406 e. The number of nitrogens with one attached hydrogen (secondary N) is 1. The lowest BCUT2D eigenvalue weighted by Crippen LogP contribution is -2.41. The normalized spacial score (nSPS) is 27.8. The molecule has 18 heavy (non-hydrogen) atoms. The fraction of sp³-hybridized carbons (Fsp3) is 0.600. The SMILES string of the molecule is CN1CCC2(CC1)CNCC2c1ccc(Cl)cc1. The van der Waals surface area contributed by atoms with Crippen molar-refractivity contribution in [3.63, 3.8) is 0 Å². The Morgan fingerprint density at radius 1 is 1.22 bits per heavy atom. The first-order valence-electron chi connectivity index (χ1n) is 6.84. The number of nitrogens with zero attached hydrogens (tertiary/aromatic N) is 1. The largest absolute Gasteiger partial charge is 0.316 e. The Balaban J connectivity index is 1.84. The van der Waals surface area contributed by atoms with Crippen LogP contribution in [0.3, 0.4) is 0 Å². The van der Waals surface area contributed by atoms with E-state index in [1.54, 1.807) is 0 Å². The molecule has 0 amide bonds. The molecule has 1 aromatic rings. The van der Waals surface area contributed by atoms with E-state index in [2.05, 4.69) is 29.4 Å². The van der Waals surface area contributed by atoms with Crippen molar-refractivity contribution in [1.82, 2.24) is 10.2 Å². The molecule has 98 valence electrons. The summed E-state index contributed by atoms with van der Waals surface area (Å²) in [5.74, 6) is 0.656. The second kappa shape index (κ2) is 4.84. The maximum absolute atomic E-state index is 5.99. The molecule has 0 radical (unpaired) electrons. The lowest BCUT2D eigenvalue weighted by molar-refractivity contribution is 0.124. The minimum Gasteiger partial charge on any atom is -0.316 e. The molecule has 3 heteroatoms. The van der Waals surface area contributed by atoms with E-state index >= 15 is 0 Å². The summed E-state index contributed by atoms with van der Waals surface area (Å²) in [5, 5.41) is 4.44. The van der Waals surface area contributed by atoms with Gasteiger partial charge in [-0.2, -0.15) is 0 Å². The molecule has 1 spiro atoms. The van der Waals surface area contributed by atoms with Gasteiger partial charge in [-0.25, -0.2) is 0 Å². The van der Waals surface area contributed by atoms with Crippen LogP contribution in [0, 0.1) is 5.41 Å². The minimum atomic E-state index is 0.473. The number of benzene rings is 1. The number of hydrogen-bond acceptors (Lipinski definition) is 2. The second-order valence-electron chi connectivity index (χ2n) is 5.90. The van der Waals surface area contributed by atoms with E-state index < -0.39 is 0 Å². The zero-order chi connectivity index (χ0) is 12.6. The Labute approximate surface area is 114 Å². The Kier molecular flexibility index (Phi) is 3.35. The number of halogens is 1. The first-order valence-corrected chi connectivity index (χ1v) is 7.22. The summed E-state index contributed by atoms with van der Waals surface area (Å²) in [6.07, 6.45) is 2.62. The molecule has 2 saturated heterocycles. The van der Waals surface area contributed by atoms with Crippen LogP contribution in [0.5, 0.6) is 0 Å². The van der Waals surface area contributed by atoms with Gasteiger partial charge in [0.1, 0.15) is 0 Å². The Morgan fingerprint density at radius 3 is 2.56 bits per heavy atom. The average molecular weight is 265 g/mol. The van der Waals surface area contributed by atoms with Gasteiger partial charge in [-0.05, 0) is 56.1 Å². The number of piperidine rings is 1. The van der Waals surface area contributed by atoms with Crippen molar-refractivity contribution in [3.8, 4) is 0 Å². The smallest absolute Gasteiger partial charge is 0.0406 e. The van der Waals surface area contributed by atoms with Gasteiger partial charge in [0.2, 0.25) is 0 Å². The third-order valence-electron chi connectivity index (χ3n) is 4.82. The number of likely N-dealkylation sites (tertiary alicyclic amines) is 1. The molecule has 1 atom stereocenters. The van der Waals surface area contributed by atoms with Gasteiger partial charge in [-0.1, -0.05) is 23.7 Å². The van der Waals surface area contributed by atoms with Crippen LogP contribution >= 0.6 is 11.6 Å². The van der Waals surface area contributed by atoms with Crippen LogP contribution in [0.4, 0.5) is 0 Å². The Bertz CT molecular complexity index is 407. The highest BCUT2D eigenvalue weighted by Crippen LogP contribution is 2.46. The zero-order valence-corrected chi connectivity index (χ0v) is 11.7. The monoisotopic (exact) mass is 264 g/mol. The number of hydrogen-bond donors (Lipinski definition) is 1. The fourth-order valence-corrected chi connectivity index (χ4v) is 3.69. The molecule has 3 rings (SSSR count). The van der Waals surface area contributed by atoms with Crippen molar-refractivity contribution in [2.45, 2.75) is 18.8 Å². The van der Waals surface area contributed by atoms with Gasteiger partial charge in [-0.3, -0.25) is 0 Å². The van der Waals surface area contributed by atoms with E-state index in [0.717, 1.165) is 11.6 Å². The van der Waals surface area contributed by atoms with Crippen LogP contribution in [0.15, 0.2) is 24.3 Å². The molecule has 2 nitrogen and oxygen atoms in total. The highest BCUT2D eigenvalue weighted by molar-refractivity contribution is 6.30. The van der Waals surface area contributed by atoms with Crippen molar-refractivity contribution in [2.24, 2.45) is 5.41 Å². The van der Waals surface area contributed by atoms with Gasteiger partial charge in [0.05, 0.1) is 0 Å². The van der Waals surface area contributed by atoms with E-state index in [1.165, 1.54) is 38.0 Å². The zero-order valence-electron chi connectivity index (χ0n) is 11.0. The predicted octanol–water partition coefficient (Wildman–Crippen LogP) is 2.74. The molecule has 0 bridgehead atoms. The van der Waals surface area contributed by atoms with E-state index in [0.29, 0.717) is 11.3 Å². The first-order chi connectivity index (χ1) is 8.70. The molecule has 1 N–H and O–H groups in total. The summed E-state index contributed by atoms with van der Waals surface area (Å²) in [7, 11) is 2.23. The van der Waals surface area contributed by atoms with Crippen LogP contribution in [-0.2, 0) is 0 Å². The summed E-state index contributed by atoms with van der Waals surface area (Å²) in [4.78, 5) is 2.45. The van der Waals surface area contributed by atoms with Crippen LogP contribution in [0.1, 0.15) is 24.3 Å². The van der Waals surface area contributed by atoms with Crippen molar-refractivity contribution in [1.29, 1.82) is 0 Å².